The van der Waals surface area contributed by atoms with E-state index in [-0.39, 0.29) is 0 Å². The molecule has 0 amide bonds. The Morgan fingerprint density at radius 2 is 2.11 bits per heavy atom. The minimum atomic E-state index is 0.921. The molecule has 0 saturated heterocycles. The van der Waals surface area contributed by atoms with Crippen LogP contribution in [0.25, 0.3) is 0 Å². The van der Waals surface area contributed by atoms with Crippen molar-refractivity contribution < 1.29 is 4.74 Å². The van der Waals surface area contributed by atoms with E-state index in [1.807, 2.05) is 11.8 Å². The normalized spacial score (nSPS) is 10.0. The zero-order valence-corrected chi connectivity index (χ0v) is 7.17. The van der Waals surface area contributed by atoms with E-state index in [2.05, 4.69) is 6.92 Å². The zero-order chi connectivity index (χ0) is 6.95. The van der Waals surface area contributed by atoms with Crippen molar-refractivity contribution in [3.8, 4) is 0 Å². The molecular formula is C7H16OS. The zero-order valence-electron chi connectivity index (χ0n) is 6.35. The Morgan fingerprint density at radius 1 is 1.33 bits per heavy atom. The summed E-state index contributed by atoms with van der Waals surface area (Å²) in [7, 11) is 1.76. The Bertz CT molecular complexity index is 42.2. The van der Waals surface area contributed by atoms with Crippen molar-refractivity contribution >= 4 is 11.8 Å². The molecule has 0 bridgehead atoms. The summed E-state index contributed by atoms with van der Waals surface area (Å²) in [5, 5.41) is 0. The Kier molecular flexibility index (Phi) is 8.60. The van der Waals surface area contributed by atoms with E-state index in [0.717, 1.165) is 6.61 Å². The molecule has 0 N–H and O–H groups in total. The maximum atomic E-state index is 4.91. The number of hydrogen-bond donors (Lipinski definition) is 0. The molecule has 0 radical (unpaired) electrons. The van der Waals surface area contributed by atoms with Gasteiger partial charge in [0.2, 0.25) is 0 Å². The second-order valence-corrected chi connectivity index (χ2v) is 3.29. The van der Waals surface area contributed by atoms with Gasteiger partial charge in [0.25, 0.3) is 0 Å². The SMILES string of the molecule is CCSCCCCOC. The highest BCUT2D eigenvalue weighted by Crippen LogP contribution is 2.02. The molecule has 0 aliphatic rings. The maximum Gasteiger partial charge on any atom is 0.0462 e. The van der Waals surface area contributed by atoms with E-state index >= 15 is 0 Å². The summed E-state index contributed by atoms with van der Waals surface area (Å²) < 4.78 is 4.91. The standard InChI is InChI=1S/C7H16OS/c1-3-9-7-5-4-6-8-2/h3-7H2,1-2H3. The van der Waals surface area contributed by atoms with E-state index in [9.17, 15) is 0 Å². The molecule has 0 atom stereocenters. The van der Waals surface area contributed by atoms with Crippen LogP contribution in [0.4, 0.5) is 0 Å². The third-order valence-corrected chi connectivity index (χ3v) is 2.08. The molecule has 0 saturated carbocycles. The fraction of sp³-hybridized carbons (Fsp3) is 1.00. The lowest BCUT2D eigenvalue weighted by atomic mass is 10.4. The fourth-order valence-electron chi connectivity index (χ4n) is 0.595. The van der Waals surface area contributed by atoms with Crippen LogP contribution in [0, 0.1) is 0 Å². The molecule has 0 aliphatic carbocycles. The molecule has 56 valence electrons. The first-order valence-electron chi connectivity index (χ1n) is 3.48. The molecule has 0 fully saturated rings. The number of hydrogen-bond acceptors (Lipinski definition) is 2. The van der Waals surface area contributed by atoms with Crippen molar-refractivity contribution in [2.45, 2.75) is 19.8 Å². The predicted molar refractivity (Wildman–Crippen MR) is 44.1 cm³/mol. The van der Waals surface area contributed by atoms with Crippen molar-refractivity contribution in [1.82, 2.24) is 0 Å². The average molecular weight is 148 g/mol. The Hall–Kier alpha value is 0.310. The highest BCUT2D eigenvalue weighted by molar-refractivity contribution is 7.99. The van der Waals surface area contributed by atoms with Crippen LogP contribution in [0.2, 0.25) is 0 Å². The summed E-state index contributed by atoms with van der Waals surface area (Å²) in [5.74, 6) is 2.53. The topological polar surface area (TPSA) is 9.23 Å². The fourth-order valence-corrected chi connectivity index (χ4v) is 1.29. The van der Waals surface area contributed by atoms with Gasteiger partial charge in [-0.15, -0.1) is 0 Å². The summed E-state index contributed by atoms with van der Waals surface area (Å²) in [5.41, 5.74) is 0. The van der Waals surface area contributed by atoms with Crippen LogP contribution >= 0.6 is 11.8 Å². The Labute approximate surface area is 62.2 Å². The first-order valence-corrected chi connectivity index (χ1v) is 4.64. The quantitative estimate of drug-likeness (QED) is 0.534. The lowest BCUT2D eigenvalue weighted by molar-refractivity contribution is 0.194. The third-order valence-electron chi connectivity index (χ3n) is 1.09. The summed E-state index contributed by atoms with van der Waals surface area (Å²) in [6.45, 7) is 3.12. The van der Waals surface area contributed by atoms with Crippen molar-refractivity contribution in [3.05, 3.63) is 0 Å². The smallest absolute Gasteiger partial charge is 0.0462 e. The van der Waals surface area contributed by atoms with Gasteiger partial charge in [-0.05, 0) is 24.3 Å². The second kappa shape index (κ2) is 8.31. The first-order chi connectivity index (χ1) is 4.41. The van der Waals surface area contributed by atoms with Crippen LogP contribution in [0.5, 0.6) is 0 Å². The van der Waals surface area contributed by atoms with Crippen molar-refractivity contribution in [2.75, 3.05) is 25.2 Å². The van der Waals surface area contributed by atoms with Crippen molar-refractivity contribution in [2.24, 2.45) is 0 Å². The van der Waals surface area contributed by atoms with Crippen molar-refractivity contribution in [3.63, 3.8) is 0 Å². The Balaban J connectivity index is 2.60. The summed E-state index contributed by atoms with van der Waals surface area (Å²) in [6, 6.07) is 0. The van der Waals surface area contributed by atoms with Crippen LogP contribution in [0.3, 0.4) is 0 Å². The molecule has 0 aromatic heterocycles. The number of thioether (sulfide) groups is 1. The van der Waals surface area contributed by atoms with Gasteiger partial charge in [-0.25, -0.2) is 0 Å². The van der Waals surface area contributed by atoms with E-state index in [1.54, 1.807) is 7.11 Å². The van der Waals surface area contributed by atoms with E-state index in [4.69, 9.17) is 4.74 Å². The molecule has 0 aliphatic heterocycles. The van der Waals surface area contributed by atoms with E-state index in [1.165, 1.54) is 24.3 Å². The Morgan fingerprint density at radius 3 is 2.67 bits per heavy atom. The maximum absolute atomic E-state index is 4.91. The number of rotatable bonds is 6. The first kappa shape index (κ1) is 9.31. The molecule has 9 heavy (non-hydrogen) atoms. The molecule has 0 aromatic rings. The van der Waals surface area contributed by atoms with Gasteiger partial charge >= 0.3 is 0 Å². The van der Waals surface area contributed by atoms with Gasteiger partial charge in [-0.1, -0.05) is 6.92 Å². The number of unbranched alkanes of at least 4 members (excludes halogenated alkanes) is 1. The molecule has 0 aromatic carbocycles. The van der Waals surface area contributed by atoms with Gasteiger partial charge in [0, 0.05) is 13.7 Å². The average Bonchev–Trinajstić information content (AvgIpc) is 1.89. The number of ether oxygens (including phenoxy) is 1. The van der Waals surface area contributed by atoms with Crippen LogP contribution < -0.4 is 0 Å². The van der Waals surface area contributed by atoms with Gasteiger partial charge in [0.15, 0.2) is 0 Å². The second-order valence-electron chi connectivity index (χ2n) is 1.90. The van der Waals surface area contributed by atoms with E-state index < -0.39 is 0 Å². The van der Waals surface area contributed by atoms with E-state index in [0.29, 0.717) is 0 Å². The highest BCUT2D eigenvalue weighted by atomic mass is 32.2. The summed E-state index contributed by atoms with van der Waals surface area (Å²) >= 11 is 2.00. The van der Waals surface area contributed by atoms with Crippen LogP contribution in [-0.4, -0.2) is 25.2 Å². The van der Waals surface area contributed by atoms with Gasteiger partial charge in [0.1, 0.15) is 0 Å². The molecular weight excluding hydrogens is 132 g/mol. The van der Waals surface area contributed by atoms with Crippen LogP contribution in [0.1, 0.15) is 19.8 Å². The van der Waals surface area contributed by atoms with Crippen molar-refractivity contribution in [1.29, 1.82) is 0 Å². The largest absolute Gasteiger partial charge is 0.385 e. The van der Waals surface area contributed by atoms with Gasteiger partial charge < -0.3 is 4.74 Å². The summed E-state index contributed by atoms with van der Waals surface area (Å²) in [4.78, 5) is 0. The number of methoxy groups -OCH3 is 1. The molecule has 0 unspecified atom stereocenters. The minimum Gasteiger partial charge on any atom is -0.385 e. The lowest BCUT2D eigenvalue weighted by Gasteiger charge is -1.97. The molecule has 0 rings (SSSR count). The lowest BCUT2D eigenvalue weighted by Crippen LogP contribution is -1.89. The molecule has 1 nitrogen and oxygen atoms in total. The highest BCUT2D eigenvalue weighted by Gasteiger charge is 1.85. The third kappa shape index (κ3) is 8.31. The van der Waals surface area contributed by atoms with Crippen LogP contribution in [0.15, 0.2) is 0 Å². The minimum absolute atomic E-state index is 0.921. The van der Waals surface area contributed by atoms with Crippen LogP contribution in [-0.2, 0) is 4.74 Å². The van der Waals surface area contributed by atoms with Gasteiger partial charge in [-0.2, -0.15) is 11.8 Å². The monoisotopic (exact) mass is 148 g/mol. The molecule has 0 heterocycles. The van der Waals surface area contributed by atoms with Gasteiger partial charge in [0.05, 0.1) is 0 Å². The molecule has 0 spiro atoms. The molecule has 2 heteroatoms. The van der Waals surface area contributed by atoms with Gasteiger partial charge in [-0.3, -0.25) is 0 Å². The predicted octanol–water partition coefficient (Wildman–Crippen LogP) is 2.17. The summed E-state index contributed by atoms with van der Waals surface area (Å²) in [6.07, 6.45) is 2.51.